The number of carbonyl (C=O) groups is 1. The molecule has 0 fully saturated rings. The van der Waals surface area contributed by atoms with Gasteiger partial charge in [-0.05, 0) is 37.5 Å². The van der Waals surface area contributed by atoms with E-state index in [1.165, 1.54) is 0 Å². The van der Waals surface area contributed by atoms with Crippen LogP contribution in [-0.2, 0) is 0 Å². The summed E-state index contributed by atoms with van der Waals surface area (Å²) in [5, 5.41) is 1.57. The number of nitrogens with zero attached hydrogens (tertiary/aromatic N) is 1. The van der Waals surface area contributed by atoms with Gasteiger partial charge in [-0.3, -0.25) is 9.78 Å². The summed E-state index contributed by atoms with van der Waals surface area (Å²) < 4.78 is 0. The molecule has 0 saturated carbocycles. The van der Waals surface area contributed by atoms with Crippen molar-refractivity contribution in [3.63, 3.8) is 0 Å². The van der Waals surface area contributed by atoms with Crippen LogP contribution < -0.4 is 0 Å². The number of fused-ring (bicyclic) bond motifs is 1. The minimum absolute atomic E-state index is 0.0611. The van der Waals surface area contributed by atoms with Crippen molar-refractivity contribution in [2.24, 2.45) is 0 Å². The minimum atomic E-state index is 0.0611. The Labute approximate surface area is 112 Å². The molecule has 0 aliphatic carbocycles. The van der Waals surface area contributed by atoms with E-state index in [0.717, 1.165) is 27.7 Å². The number of halogens is 1. The van der Waals surface area contributed by atoms with Crippen molar-refractivity contribution in [3.8, 4) is 0 Å². The summed E-state index contributed by atoms with van der Waals surface area (Å²) in [5.74, 6) is 0.344. The van der Waals surface area contributed by atoms with Gasteiger partial charge in [-0.15, -0.1) is 0 Å². The summed E-state index contributed by atoms with van der Waals surface area (Å²) in [4.78, 5) is 16.4. The summed E-state index contributed by atoms with van der Waals surface area (Å²) >= 11 is 6.13. The van der Waals surface area contributed by atoms with Crippen molar-refractivity contribution in [1.82, 2.24) is 4.98 Å². The molecule has 2 nitrogen and oxygen atoms in total. The fourth-order valence-electron chi connectivity index (χ4n) is 2.01. The molecule has 0 N–H and O–H groups in total. The van der Waals surface area contributed by atoms with Crippen molar-refractivity contribution in [2.75, 3.05) is 0 Å². The smallest absolute Gasteiger partial charge is 0.160 e. The molecule has 1 aromatic carbocycles. The lowest BCUT2D eigenvalue weighted by molar-refractivity contribution is 0.101. The van der Waals surface area contributed by atoms with Crippen LogP contribution in [0.5, 0.6) is 0 Å². The van der Waals surface area contributed by atoms with Gasteiger partial charge in [0, 0.05) is 21.7 Å². The highest BCUT2D eigenvalue weighted by molar-refractivity contribution is 6.32. The van der Waals surface area contributed by atoms with E-state index in [-0.39, 0.29) is 11.7 Å². The summed E-state index contributed by atoms with van der Waals surface area (Å²) in [5.41, 5.74) is 3.42. The first-order valence-corrected chi connectivity index (χ1v) is 6.40. The number of hydrogen-bond donors (Lipinski definition) is 0. The van der Waals surface area contributed by atoms with Crippen LogP contribution >= 0.6 is 11.6 Å². The Bertz CT molecular complexity index is 632. The number of ketones is 1. The Morgan fingerprint density at radius 1 is 1.33 bits per heavy atom. The second-order valence-corrected chi connectivity index (χ2v) is 5.28. The largest absolute Gasteiger partial charge is 0.294 e. The molecule has 0 aliphatic heterocycles. The predicted molar refractivity (Wildman–Crippen MR) is 75.6 cm³/mol. The van der Waals surface area contributed by atoms with Gasteiger partial charge in [-0.1, -0.05) is 31.5 Å². The van der Waals surface area contributed by atoms with Crippen molar-refractivity contribution in [1.29, 1.82) is 0 Å². The number of benzene rings is 1. The standard InChI is InChI=1S/C15H16ClNO/c1-8(2)14-7-12(10(4)18)11-5-6-13(16)9(3)15(11)17-14/h5-8H,1-4H3. The van der Waals surface area contributed by atoms with Gasteiger partial charge in [0.2, 0.25) is 0 Å². The second kappa shape index (κ2) is 4.69. The maximum absolute atomic E-state index is 11.8. The maximum Gasteiger partial charge on any atom is 0.160 e. The van der Waals surface area contributed by atoms with E-state index < -0.39 is 0 Å². The van der Waals surface area contributed by atoms with Crippen LogP contribution in [0.15, 0.2) is 18.2 Å². The number of rotatable bonds is 2. The van der Waals surface area contributed by atoms with E-state index in [4.69, 9.17) is 11.6 Å². The van der Waals surface area contributed by atoms with Gasteiger partial charge in [0.05, 0.1) is 5.52 Å². The van der Waals surface area contributed by atoms with E-state index in [1.807, 2.05) is 25.1 Å². The van der Waals surface area contributed by atoms with Gasteiger partial charge < -0.3 is 0 Å². The number of pyridine rings is 1. The number of carbonyl (C=O) groups excluding carboxylic acids is 1. The molecule has 3 heteroatoms. The third kappa shape index (κ3) is 2.13. The summed E-state index contributed by atoms with van der Waals surface area (Å²) in [7, 11) is 0. The quantitative estimate of drug-likeness (QED) is 0.744. The normalized spacial score (nSPS) is 11.2. The van der Waals surface area contributed by atoms with E-state index >= 15 is 0 Å². The van der Waals surface area contributed by atoms with Gasteiger partial charge in [0.25, 0.3) is 0 Å². The third-order valence-electron chi connectivity index (χ3n) is 3.16. The van der Waals surface area contributed by atoms with Crippen LogP contribution in [0.25, 0.3) is 10.9 Å². The molecule has 0 radical (unpaired) electrons. The first-order chi connectivity index (χ1) is 8.41. The van der Waals surface area contributed by atoms with Crippen LogP contribution in [0.3, 0.4) is 0 Å². The second-order valence-electron chi connectivity index (χ2n) is 4.87. The summed E-state index contributed by atoms with van der Waals surface area (Å²) in [6, 6.07) is 5.59. The molecule has 0 bridgehead atoms. The Morgan fingerprint density at radius 2 is 2.00 bits per heavy atom. The average Bonchev–Trinajstić information content (AvgIpc) is 2.32. The summed E-state index contributed by atoms with van der Waals surface area (Å²) in [6.07, 6.45) is 0. The van der Waals surface area contributed by atoms with E-state index in [1.54, 1.807) is 6.92 Å². The van der Waals surface area contributed by atoms with Gasteiger partial charge >= 0.3 is 0 Å². The molecular weight excluding hydrogens is 246 g/mol. The fourth-order valence-corrected chi connectivity index (χ4v) is 2.16. The molecule has 0 unspecified atom stereocenters. The zero-order valence-corrected chi connectivity index (χ0v) is 11.8. The maximum atomic E-state index is 11.8. The Hall–Kier alpha value is -1.41. The predicted octanol–water partition coefficient (Wildman–Crippen LogP) is 4.52. The lowest BCUT2D eigenvalue weighted by Gasteiger charge is -2.12. The minimum Gasteiger partial charge on any atom is -0.294 e. The van der Waals surface area contributed by atoms with Crippen LogP contribution in [0.1, 0.15) is 48.3 Å². The zero-order chi connectivity index (χ0) is 13.4. The first-order valence-electron chi connectivity index (χ1n) is 6.02. The molecule has 0 aliphatic rings. The Morgan fingerprint density at radius 3 is 2.56 bits per heavy atom. The lowest BCUT2D eigenvalue weighted by atomic mass is 9.99. The van der Waals surface area contributed by atoms with Crippen molar-refractivity contribution in [3.05, 3.63) is 40.0 Å². The number of Topliss-reactive ketones (excluding diaryl/α,β-unsaturated/α-hetero) is 1. The molecule has 18 heavy (non-hydrogen) atoms. The highest BCUT2D eigenvalue weighted by Crippen LogP contribution is 2.28. The number of hydrogen-bond acceptors (Lipinski definition) is 2. The molecule has 94 valence electrons. The van der Waals surface area contributed by atoms with E-state index in [9.17, 15) is 4.79 Å². The molecular formula is C15H16ClNO. The Kier molecular flexibility index (Phi) is 3.40. The molecule has 2 aromatic rings. The lowest BCUT2D eigenvalue weighted by Crippen LogP contribution is -2.02. The highest BCUT2D eigenvalue weighted by atomic mass is 35.5. The van der Waals surface area contributed by atoms with Gasteiger partial charge in [0.1, 0.15) is 0 Å². The van der Waals surface area contributed by atoms with Crippen molar-refractivity contribution in [2.45, 2.75) is 33.6 Å². The first kappa shape index (κ1) is 13.0. The summed E-state index contributed by atoms with van der Waals surface area (Å²) in [6.45, 7) is 7.66. The Balaban J connectivity index is 2.90. The van der Waals surface area contributed by atoms with Crippen LogP contribution in [0.4, 0.5) is 0 Å². The van der Waals surface area contributed by atoms with Crippen LogP contribution in [-0.4, -0.2) is 10.8 Å². The molecule has 0 amide bonds. The van der Waals surface area contributed by atoms with Gasteiger partial charge in [0.15, 0.2) is 5.78 Å². The molecule has 1 aromatic heterocycles. The SMILES string of the molecule is CC(=O)c1cc(C(C)C)nc2c(C)c(Cl)ccc12. The van der Waals surface area contributed by atoms with Crippen LogP contribution in [0, 0.1) is 6.92 Å². The zero-order valence-electron chi connectivity index (χ0n) is 11.0. The average molecular weight is 262 g/mol. The molecule has 2 rings (SSSR count). The van der Waals surface area contributed by atoms with Gasteiger partial charge in [-0.25, -0.2) is 0 Å². The topological polar surface area (TPSA) is 30.0 Å². The molecule has 0 spiro atoms. The fraction of sp³-hybridized carbons (Fsp3) is 0.333. The van der Waals surface area contributed by atoms with Crippen molar-refractivity contribution >= 4 is 28.3 Å². The highest BCUT2D eigenvalue weighted by Gasteiger charge is 2.14. The third-order valence-corrected chi connectivity index (χ3v) is 3.57. The molecule has 0 atom stereocenters. The van der Waals surface area contributed by atoms with Crippen LogP contribution in [0.2, 0.25) is 5.02 Å². The number of aryl methyl sites for hydroxylation is 1. The monoisotopic (exact) mass is 261 g/mol. The van der Waals surface area contributed by atoms with Crippen molar-refractivity contribution < 1.29 is 4.79 Å². The molecule has 0 saturated heterocycles. The van der Waals surface area contributed by atoms with E-state index in [0.29, 0.717) is 5.02 Å². The van der Waals surface area contributed by atoms with E-state index in [2.05, 4.69) is 18.8 Å². The number of aromatic nitrogens is 1. The molecule has 1 heterocycles. The van der Waals surface area contributed by atoms with Gasteiger partial charge in [-0.2, -0.15) is 0 Å².